The van der Waals surface area contributed by atoms with Gasteiger partial charge in [0.1, 0.15) is 10.7 Å². The van der Waals surface area contributed by atoms with E-state index in [9.17, 15) is 0 Å². The average Bonchev–Trinajstić information content (AvgIpc) is 2.50. The summed E-state index contributed by atoms with van der Waals surface area (Å²) in [5, 5.41) is 0. The van der Waals surface area contributed by atoms with Crippen molar-refractivity contribution in [3.63, 3.8) is 0 Å². The molecule has 1 aliphatic heterocycles. The number of hydrogen-bond acceptors (Lipinski definition) is 5. The maximum Gasteiger partial charge on any atom is 0.225 e. The quantitative estimate of drug-likeness (QED) is 0.835. The molecule has 18 heavy (non-hydrogen) atoms. The lowest BCUT2D eigenvalue weighted by Crippen LogP contribution is -2.29. The number of nitrogens with two attached hydrogens (primary N) is 1. The van der Waals surface area contributed by atoms with Gasteiger partial charge >= 0.3 is 0 Å². The maximum atomic E-state index is 5.60. The summed E-state index contributed by atoms with van der Waals surface area (Å²) in [6.45, 7) is 6.51. The molecule has 0 bridgehead atoms. The molecule has 2 heterocycles. The molecule has 2 N–H and O–H groups in total. The van der Waals surface area contributed by atoms with Gasteiger partial charge in [0.15, 0.2) is 0 Å². The smallest absolute Gasteiger partial charge is 0.225 e. The fourth-order valence-electron chi connectivity index (χ4n) is 1.86. The van der Waals surface area contributed by atoms with Gasteiger partial charge in [0.2, 0.25) is 5.95 Å². The molecule has 0 amide bonds. The first-order chi connectivity index (χ1) is 8.48. The summed E-state index contributed by atoms with van der Waals surface area (Å²) in [6.07, 6.45) is 2.85. The monoisotopic (exact) mass is 282 g/mol. The number of hydrogen-bond donors (Lipinski definition) is 1. The minimum atomic E-state index is 0.322. The summed E-state index contributed by atoms with van der Waals surface area (Å²) in [6, 6.07) is 1.75. The molecule has 1 aromatic rings. The Hall–Kier alpha value is -0.880. The second-order valence-electron chi connectivity index (χ2n) is 4.95. The van der Waals surface area contributed by atoms with Crippen molar-refractivity contribution in [1.29, 1.82) is 0 Å². The van der Waals surface area contributed by atoms with Crippen LogP contribution >= 0.6 is 24.0 Å². The van der Waals surface area contributed by atoms with Crippen LogP contribution < -0.4 is 10.6 Å². The molecule has 0 unspecified atom stereocenters. The van der Waals surface area contributed by atoms with E-state index in [0.29, 0.717) is 15.4 Å². The van der Waals surface area contributed by atoms with Gasteiger partial charge in [-0.05, 0) is 12.5 Å². The summed E-state index contributed by atoms with van der Waals surface area (Å²) in [7, 11) is 0. The van der Waals surface area contributed by atoms with E-state index in [-0.39, 0.29) is 0 Å². The van der Waals surface area contributed by atoms with E-state index in [2.05, 4.69) is 28.7 Å². The van der Waals surface area contributed by atoms with Gasteiger partial charge in [-0.15, -0.1) is 0 Å². The Kier molecular flexibility index (Phi) is 4.07. The second-order valence-corrected chi connectivity index (χ2v) is 7.19. The van der Waals surface area contributed by atoms with Gasteiger partial charge in [0, 0.05) is 29.8 Å². The molecule has 0 radical (unpaired) electrons. The first kappa shape index (κ1) is 13.5. The summed E-state index contributed by atoms with van der Waals surface area (Å²) in [5.74, 6) is 1.83. The fraction of sp³-hybridized carbons (Fsp3) is 0.583. The molecular formula is C12H18N4S2. The summed E-state index contributed by atoms with van der Waals surface area (Å²) in [5.41, 5.74) is 6.25. The highest BCUT2D eigenvalue weighted by Crippen LogP contribution is 2.31. The molecule has 1 saturated heterocycles. The van der Waals surface area contributed by atoms with E-state index in [0.717, 1.165) is 31.2 Å². The third kappa shape index (κ3) is 3.32. The third-order valence-electron chi connectivity index (χ3n) is 3.02. The molecule has 98 valence electrons. The van der Waals surface area contributed by atoms with Crippen LogP contribution in [0, 0.1) is 0 Å². The van der Waals surface area contributed by atoms with E-state index in [4.69, 9.17) is 18.0 Å². The summed E-state index contributed by atoms with van der Waals surface area (Å²) in [4.78, 5) is 11.3. The van der Waals surface area contributed by atoms with E-state index in [1.807, 2.05) is 11.8 Å². The Bertz CT molecular complexity index is 447. The van der Waals surface area contributed by atoms with Crippen molar-refractivity contribution in [2.75, 3.05) is 23.7 Å². The number of nitrogens with zero attached hydrogens (tertiary/aromatic N) is 3. The van der Waals surface area contributed by atoms with Crippen LogP contribution in [0.15, 0.2) is 12.3 Å². The number of aromatic nitrogens is 2. The van der Waals surface area contributed by atoms with E-state index < -0.39 is 0 Å². The first-order valence-corrected chi connectivity index (χ1v) is 7.39. The minimum Gasteiger partial charge on any atom is -0.388 e. The highest BCUT2D eigenvalue weighted by Gasteiger charge is 2.24. The molecule has 1 fully saturated rings. The van der Waals surface area contributed by atoms with Crippen molar-refractivity contribution in [3.8, 4) is 0 Å². The van der Waals surface area contributed by atoms with Gasteiger partial charge in [0.25, 0.3) is 0 Å². The van der Waals surface area contributed by atoms with Crippen LogP contribution in [-0.2, 0) is 0 Å². The molecule has 0 aliphatic carbocycles. The largest absolute Gasteiger partial charge is 0.388 e. The van der Waals surface area contributed by atoms with Gasteiger partial charge in [0.05, 0.1) is 0 Å². The molecule has 0 atom stereocenters. The van der Waals surface area contributed by atoms with Crippen LogP contribution in [0.4, 0.5) is 5.95 Å². The Balaban J connectivity index is 2.16. The number of thioether (sulfide) groups is 1. The van der Waals surface area contributed by atoms with Crippen molar-refractivity contribution in [3.05, 3.63) is 18.0 Å². The second kappa shape index (κ2) is 5.40. The Morgan fingerprint density at radius 2 is 2.28 bits per heavy atom. The van der Waals surface area contributed by atoms with E-state index in [1.54, 1.807) is 12.3 Å². The van der Waals surface area contributed by atoms with Crippen molar-refractivity contribution in [1.82, 2.24) is 9.97 Å². The molecule has 2 rings (SSSR count). The van der Waals surface area contributed by atoms with Gasteiger partial charge in [-0.3, -0.25) is 0 Å². The third-order valence-corrected chi connectivity index (χ3v) is 4.60. The number of anilines is 1. The van der Waals surface area contributed by atoms with Crippen molar-refractivity contribution in [2.45, 2.75) is 25.0 Å². The van der Waals surface area contributed by atoms with Crippen LogP contribution in [-0.4, -0.2) is 38.5 Å². The van der Waals surface area contributed by atoms with Crippen LogP contribution in [0.3, 0.4) is 0 Å². The van der Waals surface area contributed by atoms with Gasteiger partial charge in [-0.1, -0.05) is 26.1 Å². The Labute approximate surface area is 117 Å². The van der Waals surface area contributed by atoms with Gasteiger partial charge < -0.3 is 10.6 Å². The minimum absolute atomic E-state index is 0.322. The van der Waals surface area contributed by atoms with Crippen LogP contribution in [0.5, 0.6) is 0 Å². The number of rotatable bonds is 2. The highest BCUT2D eigenvalue weighted by molar-refractivity contribution is 8.00. The van der Waals surface area contributed by atoms with Crippen LogP contribution in [0.25, 0.3) is 0 Å². The normalized spacial score (nSPS) is 19.3. The lowest BCUT2D eigenvalue weighted by atomic mass is 10.1. The molecule has 4 nitrogen and oxygen atoms in total. The molecule has 1 aromatic heterocycles. The van der Waals surface area contributed by atoms with E-state index in [1.165, 1.54) is 0 Å². The molecule has 6 heteroatoms. The topological polar surface area (TPSA) is 55.0 Å². The summed E-state index contributed by atoms with van der Waals surface area (Å²) < 4.78 is 0.329. The van der Waals surface area contributed by atoms with Crippen LogP contribution in [0.2, 0.25) is 0 Å². The lowest BCUT2D eigenvalue weighted by Gasteiger charge is -2.22. The molecule has 1 aliphatic rings. The highest BCUT2D eigenvalue weighted by atomic mass is 32.2. The zero-order valence-corrected chi connectivity index (χ0v) is 12.4. The van der Waals surface area contributed by atoms with Gasteiger partial charge in [-0.25, -0.2) is 9.97 Å². The Morgan fingerprint density at radius 3 is 3.00 bits per heavy atom. The van der Waals surface area contributed by atoms with Gasteiger partial charge in [-0.2, -0.15) is 11.8 Å². The number of thiocarbonyl (C=S) groups is 1. The van der Waals surface area contributed by atoms with Crippen molar-refractivity contribution in [2.24, 2.45) is 5.73 Å². The van der Waals surface area contributed by atoms with E-state index >= 15 is 0 Å². The molecule has 0 saturated carbocycles. The average molecular weight is 282 g/mol. The Morgan fingerprint density at radius 1 is 1.50 bits per heavy atom. The predicted molar refractivity (Wildman–Crippen MR) is 81.3 cm³/mol. The fourth-order valence-corrected chi connectivity index (χ4v) is 3.07. The molecule has 0 spiro atoms. The molecular weight excluding hydrogens is 264 g/mol. The zero-order chi connectivity index (χ0) is 13.2. The first-order valence-electron chi connectivity index (χ1n) is 6.00. The van der Waals surface area contributed by atoms with Crippen LogP contribution in [0.1, 0.15) is 26.0 Å². The standard InChI is InChI=1S/C12H18N4S2/c1-12(2)4-6-16(7-8-18-12)11-14-5-3-9(15-11)10(13)17/h3,5H,4,6-8H2,1-2H3,(H2,13,17). The summed E-state index contributed by atoms with van der Waals surface area (Å²) >= 11 is 6.95. The zero-order valence-electron chi connectivity index (χ0n) is 10.7. The SMILES string of the molecule is CC1(C)CCN(c2nccc(C(N)=S)n2)CCS1. The van der Waals surface area contributed by atoms with Crippen molar-refractivity contribution >= 4 is 34.9 Å². The lowest BCUT2D eigenvalue weighted by molar-refractivity contribution is 0.631. The van der Waals surface area contributed by atoms with Crippen molar-refractivity contribution < 1.29 is 0 Å². The maximum absolute atomic E-state index is 5.60. The predicted octanol–water partition coefficient (Wildman–Crippen LogP) is 1.83. The molecule has 0 aromatic carbocycles.